The molecule has 0 aliphatic carbocycles. The smallest absolute Gasteiger partial charge is 0.155 e. The molecular weight excluding hydrogens is 250 g/mol. The van der Waals surface area contributed by atoms with Gasteiger partial charge in [-0.3, -0.25) is 9.69 Å². The summed E-state index contributed by atoms with van der Waals surface area (Å²) in [7, 11) is 2.01. The fraction of sp³-hybridized carbons (Fsp3) is 0.941. The molecule has 0 saturated carbocycles. The number of carbonyl (C=O) groups excluding carboxylic acids is 1. The Labute approximate surface area is 127 Å². The molecule has 20 heavy (non-hydrogen) atoms. The number of rotatable bonds is 3. The van der Waals surface area contributed by atoms with Crippen LogP contribution >= 0.6 is 0 Å². The van der Waals surface area contributed by atoms with Crippen molar-refractivity contribution in [2.75, 3.05) is 13.6 Å². The maximum atomic E-state index is 12.1. The minimum Gasteiger partial charge on any atom is -0.370 e. The summed E-state index contributed by atoms with van der Waals surface area (Å²) in [4.78, 5) is 14.3. The van der Waals surface area contributed by atoms with Crippen molar-refractivity contribution < 1.29 is 9.53 Å². The lowest BCUT2D eigenvalue weighted by Gasteiger charge is -2.30. The zero-order valence-corrected chi connectivity index (χ0v) is 15.4. The summed E-state index contributed by atoms with van der Waals surface area (Å²) in [5.41, 5.74) is -0.175. The van der Waals surface area contributed by atoms with Crippen LogP contribution in [0.3, 0.4) is 0 Å². The molecular formula is C17H37NO2. The van der Waals surface area contributed by atoms with Gasteiger partial charge in [0.1, 0.15) is 0 Å². The fourth-order valence-corrected chi connectivity index (χ4v) is 2.23. The van der Waals surface area contributed by atoms with Crippen molar-refractivity contribution in [3.63, 3.8) is 0 Å². The monoisotopic (exact) mass is 287 g/mol. The maximum Gasteiger partial charge on any atom is 0.155 e. The van der Waals surface area contributed by atoms with Gasteiger partial charge in [-0.2, -0.15) is 0 Å². The Morgan fingerprint density at radius 1 is 1.15 bits per heavy atom. The zero-order valence-electron chi connectivity index (χ0n) is 15.4. The minimum absolute atomic E-state index is 0.0555. The van der Waals surface area contributed by atoms with E-state index in [1.165, 1.54) is 0 Å². The van der Waals surface area contributed by atoms with Gasteiger partial charge in [0.15, 0.2) is 5.78 Å². The largest absolute Gasteiger partial charge is 0.370 e. The van der Waals surface area contributed by atoms with E-state index < -0.39 is 0 Å². The Hall–Kier alpha value is -0.410. The van der Waals surface area contributed by atoms with Crippen LogP contribution in [0.25, 0.3) is 0 Å². The number of hydrogen-bond acceptors (Lipinski definition) is 3. The highest BCUT2D eigenvalue weighted by atomic mass is 16.5. The fourth-order valence-electron chi connectivity index (χ4n) is 2.23. The Bertz CT molecular complexity index is 256. The molecule has 2 atom stereocenters. The molecule has 0 spiro atoms. The second kappa shape index (κ2) is 10.3. The van der Waals surface area contributed by atoms with Crippen molar-refractivity contribution in [1.82, 2.24) is 4.90 Å². The third-order valence-corrected chi connectivity index (χ3v) is 2.96. The molecule has 1 rings (SSSR count). The van der Waals surface area contributed by atoms with E-state index in [0.717, 1.165) is 13.0 Å². The Morgan fingerprint density at radius 3 is 1.95 bits per heavy atom. The number of ether oxygens (including phenoxy) is 1. The summed E-state index contributed by atoms with van der Waals surface area (Å²) in [6, 6.07) is -0.0563. The highest BCUT2D eigenvalue weighted by Gasteiger charge is 2.40. The van der Waals surface area contributed by atoms with Gasteiger partial charge in [-0.25, -0.2) is 0 Å². The molecule has 0 radical (unpaired) electrons. The summed E-state index contributed by atoms with van der Waals surface area (Å²) in [5.74, 6) is 0.380. The quantitative estimate of drug-likeness (QED) is 0.781. The Morgan fingerprint density at radius 2 is 1.60 bits per heavy atom. The van der Waals surface area contributed by atoms with E-state index in [1.54, 1.807) is 0 Å². The van der Waals surface area contributed by atoms with Crippen LogP contribution in [0.4, 0.5) is 0 Å². The molecule has 122 valence electrons. The average Bonchev–Trinajstić information content (AvgIpc) is 2.72. The molecule has 0 amide bonds. The van der Waals surface area contributed by atoms with Crippen LogP contribution in [0, 0.1) is 5.92 Å². The van der Waals surface area contributed by atoms with Crippen molar-refractivity contribution in [2.45, 2.75) is 86.5 Å². The first-order chi connectivity index (χ1) is 9.22. The number of likely N-dealkylation sites (N-methyl/N-ethyl adjacent to an activating group) is 1. The number of carbonyl (C=O) groups is 1. The predicted octanol–water partition coefficient (Wildman–Crippen LogP) is 4.15. The normalized spacial score (nSPS) is 22.8. The van der Waals surface area contributed by atoms with Crippen LogP contribution in [-0.4, -0.2) is 42.0 Å². The van der Waals surface area contributed by atoms with Crippen molar-refractivity contribution in [1.29, 1.82) is 0 Å². The second-order valence-electron chi connectivity index (χ2n) is 6.04. The SMILES string of the molecule is CC.CC.CC(C)C(=O)C1C(OC(C)(C)C)CCN1C. The van der Waals surface area contributed by atoms with E-state index in [4.69, 9.17) is 4.74 Å². The van der Waals surface area contributed by atoms with Gasteiger partial charge in [0.2, 0.25) is 0 Å². The lowest BCUT2D eigenvalue weighted by Crippen LogP contribution is -2.45. The van der Waals surface area contributed by atoms with Crippen LogP contribution in [-0.2, 0) is 9.53 Å². The average molecular weight is 287 g/mol. The summed E-state index contributed by atoms with van der Waals surface area (Å²) in [5, 5.41) is 0. The molecule has 0 N–H and O–H groups in total. The van der Waals surface area contributed by atoms with Crippen LogP contribution in [0.5, 0.6) is 0 Å². The number of nitrogens with zero attached hydrogens (tertiary/aromatic N) is 1. The van der Waals surface area contributed by atoms with Crippen molar-refractivity contribution in [3.05, 3.63) is 0 Å². The van der Waals surface area contributed by atoms with Gasteiger partial charge in [-0.15, -0.1) is 0 Å². The molecule has 0 aromatic carbocycles. The molecule has 2 unspecified atom stereocenters. The lowest BCUT2D eigenvalue weighted by atomic mass is 9.97. The lowest BCUT2D eigenvalue weighted by molar-refractivity contribution is -0.134. The molecule has 3 nitrogen and oxygen atoms in total. The number of Topliss-reactive ketones (excluding diaryl/α,β-unsaturated/α-hetero) is 1. The highest BCUT2D eigenvalue weighted by Crippen LogP contribution is 2.26. The molecule has 0 aromatic heterocycles. The number of likely N-dealkylation sites (tertiary alicyclic amines) is 1. The summed E-state index contributed by atoms with van der Waals surface area (Å²) >= 11 is 0. The molecule has 0 aromatic rings. The van der Waals surface area contributed by atoms with Gasteiger partial charge < -0.3 is 4.74 Å². The third-order valence-electron chi connectivity index (χ3n) is 2.96. The van der Waals surface area contributed by atoms with E-state index in [2.05, 4.69) is 4.90 Å². The molecule has 1 aliphatic rings. The molecule has 1 heterocycles. The van der Waals surface area contributed by atoms with Crippen molar-refractivity contribution >= 4 is 5.78 Å². The standard InChI is InChI=1S/C13H25NO2.2C2H6/c1-9(2)12(15)11-10(7-8-14(11)6)16-13(3,4)5;2*1-2/h9-11H,7-8H2,1-6H3;2*1-2H3. The summed E-state index contributed by atoms with van der Waals surface area (Å²) in [6.45, 7) is 19.0. The Balaban J connectivity index is 0. The molecule has 0 bridgehead atoms. The second-order valence-corrected chi connectivity index (χ2v) is 6.04. The summed E-state index contributed by atoms with van der Waals surface area (Å²) in [6.07, 6.45) is 1.01. The summed E-state index contributed by atoms with van der Waals surface area (Å²) < 4.78 is 5.99. The molecule has 1 aliphatic heterocycles. The van der Waals surface area contributed by atoms with E-state index in [-0.39, 0.29) is 23.7 Å². The topological polar surface area (TPSA) is 29.5 Å². The minimum atomic E-state index is -0.175. The van der Waals surface area contributed by atoms with Crippen molar-refractivity contribution in [2.24, 2.45) is 5.92 Å². The number of hydrogen-bond donors (Lipinski definition) is 0. The first kappa shape index (κ1) is 21.9. The Kier molecular flexibility index (Phi) is 11.3. The van der Waals surface area contributed by atoms with Gasteiger partial charge in [0.25, 0.3) is 0 Å². The molecule has 3 heteroatoms. The van der Waals surface area contributed by atoms with E-state index in [9.17, 15) is 4.79 Å². The molecule has 1 fully saturated rings. The van der Waals surface area contributed by atoms with Crippen LogP contribution in [0.2, 0.25) is 0 Å². The van der Waals surface area contributed by atoms with Gasteiger partial charge in [-0.1, -0.05) is 41.5 Å². The first-order valence-electron chi connectivity index (χ1n) is 8.14. The van der Waals surface area contributed by atoms with Gasteiger partial charge in [0.05, 0.1) is 17.7 Å². The van der Waals surface area contributed by atoms with Crippen LogP contribution in [0.15, 0.2) is 0 Å². The van der Waals surface area contributed by atoms with Gasteiger partial charge in [-0.05, 0) is 34.2 Å². The van der Waals surface area contributed by atoms with Crippen LogP contribution < -0.4 is 0 Å². The first-order valence-corrected chi connectivity index (χ1v) is 8.14. The maximum absolute atomic E-state index is 12.1. The highest BCUT2D eigenvalue weighted by molar-refractivity contribution is 5.86. The van der Waals surface area contributed by atoms with Gasteiger partial charge in [0, 0.05) is 12.5 Å². The van der Waals surface area contributed by atoms with Crippen molar-refractivity contribution in [3.8, 4) is 0 Å². The van der Waals surface area contributed by atoms with Crippen LogP contribution in [0.1, 0.15) is 68.7 Å². The number of ketones is 1. The molecule has 1 saturated heterocycles. The predicted molar refractivity (Wildman–Crippen MR) is 88.2 cm³/mol. The zero-order chi connectivity index (χ0) is 16.5. The van der Waals surface area contributed by atoms with Gasteiger partial charge >= 0.3 is 0 Å². The van der Waals surface area contributed by atoms with E-state index >= 15 is 0 Å². The van der Waals surface area contributed by atoms with E-state index in [1.807, 2.05) is 69.4 Å². The van der Waals surface area contributed by atoms with E-state index in [0.29, 0.717) is 5.78 Å². The third kappa shape index (κ3) is 7.39.